The van der Waals surface area contributed by atoms with Gasteiger partial charge in [-0.3, -0.25) is 4.79 Å². The van der Waals surface area contributed by atoms with E-state index in [1.165, 1.54) is 17.3 Å². The molecule has 2 heterocycles. The molecule has 0 saturated carbocycles. The molecule has 4 aromatic rings. The summed E-state index contributed by atoms with van der Waals surface area (Å²) in [5.74, 6) is 1.62. The molecule has 0 N–H and O–H groups in total. The molecule has 0 spiro atoms. The molecule has 1 aromatic heterocycles. The molecule has 43 heavy (non-hydrogen) atoms. The molecule has 0 atom stereocenters. The van der Waals surface area contributed by atoms with Crippen molar-refractivity contribution in [2.75, 3.05) is 44.1 Å². The number of hydrogen-bond donors (Lipinski definition) is 0. The van der Waals surface area contributed by atoms with Crippen LogP contribution in [0, 0.1) is 0 Å². The molecule has 3 aromatic carbocycles. The van der Waals surface area contributed by atoms with E-state index in [2.05, 4.69) is 54.9 Å². The van der Waals surface area contributed by atoms with E-state index in [9.17, 15) is 4.79 Å². The van der Waals surface area contributed by atoms with Crippen LogP contribution in [-0.2, 0) is 16.6 Å². The van der Waals surface area contributed by atoms with Gasteiger partial charge in [0.25, 0.3) is 0 Å². The van der Waals surface area contributed by atoms with Crippen LogP contribution in [0.25, 0.3) is 11.4 Å². The molecule has 0 bridgehead atoms. The lowest BCUT2D eigenvalue weighted by molar-refractivity contribution is 0.102. The van der Waals surface area contributed by atoms with Gasteiger partial charge in [-0.1, -0.05) is 94.1 Å². The maximum atomic E-state index is 13.8. The van der Waals surface area contributed by atoms with Gasteiger partial charge in [0.05, 0.1) is 38.0 Å². The first-order valence-corrected chi connectivity index (χ1v) is 15.6. The van der Waals surface area contributed by atoms with E-state index < -0.39 is 0 Å². The molecule has 1 fully saturated rings. The second-order valence-electron chi connectivity index (χ2n) is 11.5. The molecule has 1 saturated heterocycles. The van der Waals surface area contributed by atoms with Gasteiger partial charge < -0.3 is 14.4 Å². The van der Waals surface area contributed by atoms with Crippen molar-refractivity contribution >= 4 is 29.4 Å². The zero-order valence-corrected chi connectivity index (χ0v) is 26.4. The van der Waals surface area contributed by atoms with Gasteiger partial charge in [0.15, 0.2) is 11.6 Å². The lowest BCUT2D eigenvalue weighted by Crippen LogP contribution is -2.37. The molecule has 1 aliphatic rings. The van der Waals surface area contributed by atoms with Crippen LogP contribution in [0.5, 0.6) is 5.75 Å². The van der Waals surface area contributed by atoms with Gasteiger partial charge in [-0.2, -0.15) is 9.78 Å². The Hall–Kier alpha value is -3.95. The first-order valence-electron chi connectivity index (χ1n) is 14.6. The first kappa shape index (κ1) is 30.5. The summed E-state index contributed by atoms with van der Waals surface area (Å²) in [7, 11) is 1.70. The van der Waals surface area contributed by atoms with Crippen LogP contribution in [0.15, 0.2) is 77.0 Å². The SMILES string of the molecule is CCc1cccc(/C=N/n2c(SCC(=O)c3cc(N4CCOCC4)c(OC)c(C(C)(C)C)c3)nnc2-c2ccccc2)c1. The van der Waals surface area contributed by atoms with E-state index in [4.69, 9.17) is 14.6 Å². The zero-order chi connectivity index (χ0) is 30.4. The minimum Gasteiger partial charge on any atom is -0.494 e. The number of methoxy groups -OCH3 is 1. The number of aromatic nitrogens is 3. The van der Waals surface area contributed by atoms with Gasteiger partial charge in [-0.15, -0.1) is 10.2 Å². The monoisotopic (exact) mass is 597 g/mol. The second kappa shape index (κ2) is 13.6. The van der Waals surface area contributed by atoms with Crippen molar-refractivity contribution in [3.05, 3.63) is 89.0 Å². The highest BCUT2D eigenvalue weighted by atomic mass is 32.2. The Balaban J connectivity index is 1.46. The van der Waals surface area contributed by atoms with Crippen molar-refractivity contribution in [1.82, 2.24) is 14.9 Å². The zero-order valence-electron chi connectivity index (χ0n) is 25.5. The Morgan fingerprint density at radius 3 is 2.51 bits per heavy atom. The van der Waals surface area contributed by atoms with Gasteiger partial charge in [0.2, 0.25) is 5.16 Å². The number of ketones is 1. The van der Waals surface area contributed by atoms with Crippen LogP contribution >= 0.6 is 11.8 Å². The van der Waals surface area contributed by atoms with Crippen molar-refractivity contribution in [2.45, 2.75) is 44.7 Å². The number of morpholine rings is 1. The van der Waals surface area contributed by atoms with Gasteiger partial charge in [-0.25, -0.2) is 0 Å². The fourth-order valence-electron chi connectivity index (χ4n) is 5.04. The Bertz CT molecular complexity index is 1590. The van der Waals surface area contributed by atoms with Crippen molar-refractivity contribution in [3.8, 4) is 17.1 Å². The largest absolute Gasteiger partial charge is 0.494 e. The topological polar surface area (TPSA) is 81.8 Å². The van der Waals surface area contributed by atoms with Crippen molar-refractivity contribution in [2.24, 2.45) is 5.10 Å². The number of hydrogen-bond acceptors (Lipinski definition) is 8. The second-order valence-corrected chi connectivity index (χ2v) is 12.4. The van der Waals surface area contributed by atoms with Crippen LogP contribution in [-0.4, -0.2) is 66.0 Å². The summed E-state index contributed by atoms with van der Waals surface area (Å²) in [6.45, 7) is 11.3. The number of benzene rings is 3. The normalized spacial score (nSPS) is 13.9. The van der Waals surface area contributed by atoms with E-state index in [0.717, 1.165) is 47.6 Å². The lowest BCUT2D eigenvalue weighted by Gasteiger charge is -2.33. The van der Waals surface area contributed by atoms with Crippen LogP contribution in [0.1, 0.15) is 54.7 Å². The molecule has 0 radical (unpaired) electrons. The number of carbonyl (C=O) groups is 1. The third-order valence-electron chi connectivity index (χ3n) is 7.41. The van der Waals surface area contributed by atoms with Crippen molar-refractivity contribution < 1.29 is 14.3 Å². The van der Waals surface area contributed by atoms with Crippen molar-refractivity contribution in [3.63, 3.8) is 0 Å². The summed E-state index contributed by atoms with van der Waals surface area (Å²) in [6, 6.07) is 22.1. The average molecular weight is 598 g/mol. The van der Waals surface area contributed by atoms with Crippen LogP contribution < -0.4 is 9.64 Å². The summed E-state index contributed by atoms with van der Waals surface area (Å²) in [5, 5.41) is 14.2. The number of nitrogens with zero attached hydrogens (tertiary/aromatic N) is 5. The minimum absolute atomic E-state index is 0.00287. The van der Waals surface area contributed by atoms with Gasteiger partial charge in [-0.05, 0) is 35.1 Å². The molecule has 8 nitrogen and oxygen atoms in total. The fourth-order valence-corrected chi connectivity index (χ4v) is 5.82. The molecule has 9 heteroatoms. The highest BCUT2D eigenvalue weighted by Crippen LogP contribution is 2.41. The number of aryl methyl sites for hydroxylation is 1. The molecule has 0 amide bonds. The van der Waals surface area contributed by atoms with Crippen LogP contribution in [0.2, 0.25) is 0 Å². The average Bonchev–Trinajstić information content (AvgIpc) is 3.45. The molecule has 0 aliphatic carbocycles. The highest BCUT2D eigenvalue weighted by molar-refractivity contribution is 7.99. The fraction of sp³-hybridized carbons (Fsp3) is 0.353. The minimum atomic E-state index is -0.218. The lowest BCUT2D eigenvalue weighted by atomic mass is 9.84. The summed E-state index contributed by atoms with van der Waals surface area (Å²) < 4.78 is 13.2. The Morgan fingerprint density at radius 1 is 1.05 bits per heavy atom. The Morgan fingerprint density at radius 2 is 1.81 bits per heavy atom. The van der Waals surface area contributed by atoms with E-state index in [1.807, 2.05) is 60.8 Å². The van der Waals surface area contributed by atoms with E-state index in [0.29, 0.717) is 29.8 Å². The number of ether oxygens (including phenoxy) is 2. The van der Waals surface area contributed by atoms with Gasteiger partial charge in [0, 0.05) is 29.8 Å². The Kier molecular flexibility index (Phi) is 9.62. The number of carbonyl (C=O) groups excluding carboxylic acids is 1. The quantitative estimate of drug-likeness (QED) is 0.117. The molecule has 224 valence electrons. The van der Waals surface area contributed by atoms with Crippen molar-refractivity contribution in [1.29, 1.82) is 0 Å². The highest BCUT2D eigenvalue weighted by Gasteiger charge is 2.27. The predicted octanol–water partition coefficient (Wildman–Crippen LogP) is 6.51. The van der Waals surface area contributed by atoms with Gasteiger partial charge in [0.1, 0.15) is 5.75 Å². The maximum absolute atomic E-state index is 13.8. The predicted molar refractivity (Wildman–Crippen MR) is 174 cm³/mol. The van der Waals surface area contributed by atoms with Gasteiger partial charge >= 0.3 is 0 Å². The number of anilines is 1. The summed E-state index contributed by atoms with van der Waals surface area (Å²) in [5.41, 5.74) is 5.48. The smallest absolute Gasteiger partial charge is 0.212 e. The van der Waals surface area contributed by atoms with Crippen LogP contribution in [0.4, 0.5) is 5.69 Å². The first-order chi connectivity index (χ1) is 20.8. The van der Waals surface area contributed by atoms with E-state index >= 15 is 0 Å². The van der Waals surface area contributed by atoms with Crippen LogP contribution in [0.3, 0.4) is 0 Å². The molecular weight excluding hydrogens is 558 g/mol. The third kappa shape index (κ3) is 7.17. The molecular formula is C34H39N5O3S. The third-order valence-corrected chi connectivity index (χ3v) is 8.33. The Labute approximate surface area is 258 Å². The number of rotatable bonds is 10. The van der Waals surface area contributed by atoms with E-state index in [-0.39, 0.29) is 17.0 Å². The summed E-state index contributed by atoms with van der Waals surface area (Å²) in [6.07, 6.45) is 2.76. The number of thioether (sulfide) groups is 1. The molecule has 5 rings (SSSR count). The summed E-state index contributed by atoms with van der Waals surface area (Å²) in [4.78, 5) is 16.0. The molecule has 1 aliphatic heterocycles. The summed E-state index contributed by atoms with van der Waals surface area (Å²) >= 11 is 1.33. The standard InChI is InChI=1S/C34H39N5O3S/c1-6-24-11-10-12-25(19-24)22-35-39-32(26-13-8-7-9-14-26)36-37-33(39)43-23-30(40)27-20-28(34(2,3)4)31(41-5)29(21-27)38-15-17-42-18-16-38/h7-14,19-22H,6,15-18,23H2,1-5H3/b35-22+. The maximum Gasteiger partial charge on any atom is 0.212 e. The molecule has 0 unspecified atom stereocenters. The number of Topliss-reactive ketones (excluding diaryl/α,β-unsaturated/α-hetero) is 1. The van der Waals surface area contributed by atoms with E-state index in [1.54, 1.807) is 11.8 Å².